The Morgan fingerprint density at radius 1 is 1.29 bits per heavy atom. The number of hydrogen-bond acceptors (Lipinski definition) is 4. The second-order valence-corrected chi connectivity index (χ2v) is 4.95. The number of nitrogens with one attached hydrogen (secondary N) is 1. The fourth-order valence-corrected chi connectivity index (χ4v) is 2.36. The molecule has 1 aromatic heterocycles. The molecule has 2 N–H and O–H groups in total. The zero-order valence-electron chi connectivity index (χ0n) is 9.92. The lowest BCUT2D eigenvalue weighted by Crippen LogP contribution is -2.08. The van der Waals surface area contributed by atoms with Crippen LogP contribution in [-0.2, 0) is 0 Å². The summed E-state index contributed by atoms with van der Waals surface area (Å²) in [5, 5.41) is 13.1. The molecule has 2 unspecified atom stereocenters. The van der Waals surface area contributed by atoms with Gasteiger partial charge in [0.25, 0.3) is 0 Å². The van der Waals surface area contributed by atoms with E-state index >= 15 is 0 Å². The van der Waals surface area contributed by atoms with Crippen LogP contribution >= 0.6 is 11.3 Å². The lowest BCUT2D eigenvalue weighted by Gasteiger charge is -2.18. The largest absolute Gasteiger partial charge is 0.389 e. The molecule has 0 aliphatic heterocycles. The molecule has 0 spiro atoms. The molecule has 90 valence electrons. The Bertz CT molecular complexity index is 468. The first-order chi connectivity index (χ1) is 8.18. The van der Waals surface area contributed by atoms with E-state index in [1.165, 1.54) is 4.88 Å². The van der Waals surface area contributed by atoms with Crippen LogP contribution in [-0.4, -0.2) is 10.1 Å². The Balaban J connectivity index is 2.18. The van der Waals surface area contributed by atoms with Crippen molar-refractivity contribution in [2.75, 3.05) is 5.32 Å². The molecule has 0 aliphatic rings. The third-order valence-electron chi connectivity index (χ3n) is 2.66. The highest BCUT2D eigenvalue weighted by molar-refractivity contribution is 7.09. The van der Waals surface area contributed by atoms with Crippen molar-refractivity contribution in [2.45, 2.75) is 26.0 Å². The van der Waals surface area contributed by atoms with E-state index in [1.54, 1.807) is 18.3 Å². The highest BCUT2D eigenvalue weighted by atomic mass is 32.1. The Hall–Kier alpha value is -1.39. The maximum Gasteiger partial charge on any atom is 0.0795 e. The molecule has 17 heavy (non-hydrogen) atoms. The molecule has 2 rings (SSSR count). The molecule has 0 amide bonds. The monoisotopic (exact) mass is 248 g/mol. The minimum Gasteiger partial charge on any atom is -0.389 e. The zero-order chi connectivity index (χ0) is 12.3. The van der Waals surface area contributed by atoms with Gasteiger partial charge in [0.1, 0.15) is 0 Å². The van der Waals surface area contributed by atoms with Gasteiger partial charge in [0.05, 0.1) is 17.7 Å². The second kappa shape index (κ2) is 5.29. The molecule has 0 fully saturated rings. The van der Waals surface area contributed by atoms with E-state index in [4.69, 9.17) is 0 Å². The summed E-state index contributed by atoms with van der Waals surface area (Å²) < 4.78 is 0. The van der Waals surface area contributed by atoms with E-state index < -0.39 is 6.10 Å². The first kappa shape index (κ1) is 12.1. The van der Waals surface area contributed by atoms with Crippen LogP contribution in [0, 0.1) is 0 Å². The standard InChI is InChI=1S/C13H16N2OS/c1-9(13-7-14-8-17-13)15-12-6-4-3-5-11(12)10(2)16/h3-10,15-16H,1-2H3. The molecule has 0 aliphatic carbocycles. The minimum absolute atomic E-state index is 0.197. The summed E-state index contributed by atoms with van der Waals surface area (Å²) in [6.45, 7) is 3.87. The van der Waals surface area contributed by atoms with Crippen LogP contribution in [0.25, 0.3) is 0 Å². The smallest absolute Gasteiger partial charge is 0.0795 e. The molecule has 0 saturated carbocycles. The number of aliphatic hydroxyl groups is 1. The van der Waals surface area contributed by atoms with Gasteiger partial charge in [0, 0.05) is 22.3 Å². The summed E-state index contributed by atoms with van der Waals surface area (Å²) in [6.07, 6.45) is 1.40. The normalized spacial score (nSPS) is 14.3. The summed E-state index contributed by atoms with van der Waals surface area (Å²) in [4.78, 5) is 5.26. The van der Waals surface area contributed by atoms with E-state index in [-0.39, 0.29) is 6.04 Å². The van der Waals surface area contributed by atoms with E-state index in [0.717, 1.165) is 11.3 Å². The van der Waals surface area contributed by atoms with Gasteiger partial charge in [0.15, 0.2) is 0 Å². The minimum atomic E-state index is -0.465. The SMILES string of the molecule is CC(O)c1ccccc1NC(C)c1cncs1. The van der Waals surface area contributed by atoms with Crippen LogP contribution < -0.4 is 5.32 Å². The quantitative estimate of drug-likeness (QED) is 0.872. The summed E-state index contributed by atoms with van der Waals surface area (Å²) in [5.74, 6) is 0. The number of aliphatic hydroxyl groups excluding tert-OH is 1. The third kappa shape index (κ3) is 2.84. The molecule has 3 nitrogen and oxygen atoms in total. The van der Waals surface area contributed by atoms with Gasteiger partial charge >= 0.3 is 0 Å². The predicted molar refractivity (Wildman–Crippen MR) is 71.2 cm³/mol. The molecular weight excluding hydrogens is 232 g/mol. The van der Waals surface area contributed by atoms with E-state index in [2.05, 4.69) is 17.2 Å². The highest BCUT2D eigenvalue weighted by Crippen LogP contribution is 2.27. The molecule has 2 aromatic rings. The van der Waals surface area contributed by atoms with Crippen LogP contribution in [0.5, 0.6) is 0 Å². The van der Waals surface area contributed by atoms with Crippen molar-refractivity contribution in [1.29, 1.82) is 0 Å². The molecule has 0 radical (unpaired) electrons. The van der Waals surface area contributed by atoms with Gasteiger partial charge < -0.3 is 10.4 Å². The van der Waals surface area contributed by atoms with Crippen LogP contribution in [0.1, 0.15) is 36.4 Å². The molecule has 2 atom stereocenters. The Kier molecular flexibility index (Phi) is 3.76. The highest BCUT2D eigenvalue weighted by Gasteiger charge is 2.11. The van der Waals surface area contributed by atoms with Crippen molar-refractivity contribution in [1.82, 2.24) is 4.98 Å². The van der Waals surface area contributed by atoms with Crippen molar-refractivity contribution in [3.05, 3.63) is 46.4 Å². The van der Waals surface area contributed by atoms with Gasteiger partial charge in [-0.3, -0.25) is 4.98 Å². The summed E-state index contributed by atoms with van der Waals surface area (Å²) in [5.41, 5.74) is 3.72. The fourth-order valence-electron chi connectivity index (χ4n) is 1.74. The van der Waals surface area contributed by atoms with E-state index in [0.29, 0.717) is 0 Å². The van der Waals surface area contributed by atoms with Gasteiger partial charge in [-0.15, -0.1) is 11.3 Å². The van der Waals surface area contributed by atoms with Crippen molar-refractivity contribution in [3.8, 4) is 0 Å². The average molecular weight is 248 g/mol. The maximum absolute atomic E-state index is 9.70. The third-order valence-corrected chi connectivity index (χ3v) is 3.62. The Labute approximate surface area is 105 Å². The summed E-state index contributed by atoms with van der Waals surface area (Å²) in [6, 6.07) is 8.02. The van der Waals surface area contributed by atoms with Crippen molar-refractivity contribution < 1.29 is 5.11 Å². The number of rotatable bonds is 4. The van der Waals surface area contributed by atoms with Crippen LogP contribution in [0.2, 0.25) is 0 Å². The van der Waals surface area contributed by atoms with Crippen LogP contribution in [0.15, 0.2) is 36.0 Å². The number of para-hydroxylation sites is 1. The predicted octanol–water partition coefficient (Wildman–Crippen LogP) is 3.37. The first-order valence-corrected chi connectivity index (χ1v) is 6.48. The van der Waals surface area contributed by atoms with Gasteiger partial charge in [-0.2, -0.15) is 0 Å². The average Bonchev–Trinajstić information content (AvgIpc) is 2.83. The fraction of sp³-hybridized carbons (Fsp3) is 0.308. The number of aromatic nitrogens is 1. The number of benzene rings is 1. The maximum atomic E-state index is 9.70. The second-order valence-electron chi connectivity index (χ2n) is 4.03. The van der Waals surface area contributed by atoms with Crippen LogP contribution in [0.4, 0.5) is 5.69 Å². The number of thiazole rings is 1. The van der Waals surface area contributed by atoms with Gasteiger partial charge in [-0.05, 0) is 19.9 Å². The number of nitrogens with zero attached hydrogens (tertiary/aromatic N) is 1. The summed E-state index contributed by atoms with van der Waals surface area (Å²) in [7, 11) is 0. The number of hydrogen-bond donors (Lipinski definition) is 2. The zero-order valence-corrected chi connectivity index (χ0v) is 10.7. The summed E-state index contributed by atoms with van der Waals surface area (Å²) >= 11 is 1.63. The Morgan fingerprint density at radius 3 is 2.71 bits per heavy atom. The topological polar surface area (TPSA) is 45.1 Å². The Morgan fingerprint density at radius 2 is 2.06 bits per heavy atom. The van der Waals surface area contributed by atoms with E-state index in [9.17, 15) is 5.11 Å². The lowest BCUT2D eigenvalue weighted by molar-refractivity contribution is 0.200. The molecule has 1 aromatic carbocycles. The van der Waals surface area contributed by atoms with Gasteiger partial charge in [-0.1, -0.05) is 18.2 Å². The van der Waals surface area contributed by atoms with Crippen molar-refractivity contribution in [2.24, 2.45) is 0 Å². The van der Waals surface area contributed by atoms with Crippen molar-refractivity contribution >= 4 is 17.0 Å². The van der Waals surface area contributed by atoms with Gasteiger partial charge in [0.2, 0.25) is 0 Å². The first-order valence-electron chi connectivity index (χ1n) is 5.60. The molecule has 0 bridgehead atoms. The lowest BCUT2D eigenvalue weighted by atomic mass is 10.1. The molecular formula is C13H16N2OS. The van der Waals surface area contributed by atoms with Gasteiger partial charge in [-0.25, -0.2) is 0 Å². The molecule has 0 saturated heterocycles. The van der Waals surface area contributed by atoms with E-state index in [1.807, 2.05) is 36.0 Å². The molecule has 4 heteroatoms. The van der Waals surface area contributed by atoms with Crippen LogP contribution in [0.3, 0.4) is 0 Å². The number of anilines is 1. The van der Waals surface area contributed by atoms with Crippen molar-refractivity contribution in [3.63, 3.8) is 0 Å². The molecule has 1 heterocycles.